The van der Waals surface area contributed by atoms with E-state index in [9.17, 15) is 0 Å². The highest BCUT2D eigenvalue weighted by molar-refractivity contribution is 5.48. The molecule has 2 rings (SSSR count). The summed E-state index contributed by atoms with van der Waals surface area (Å²) >= 11 is 0. The van der Waals surface area contributed by atoms with Gasteiger partial charge in [0.25, 0.3) is 0 Å². The number of hydrogen-bond acceptors (Lipinski definition) is 5. The number of rotatable bonds is 2. The van der Waals surface area contributed by atoms with Crippen LogP contribution in [0.2, 0.25) is 0 Å². The Labute approximate surface area is 111 Å². The minimum Gasteiger partial charge on any atom is -0.438 e. The molecule has 0 aliphatic carbocycles. The molecular formula is C14H14N4O. The van der Waals surface area contributed by atoms with Crippen molar-refractivity contribution in [1.82, 2.24) is 9.97 Å². The Balaban J connectivity index is 2.41. The lowest BCUT2D eigenvalue weighted by Gasteiger charge is -2.12. The lowest BCUT2D eigenvalue weighted by atomic mass is 10.1. The van der Waals surface area contributed by atoms with Crippen molar-refractivity contribution in [2.75, 3.05) is 5.73 Å². The molecule has 0 spiro atoms. The van der Waals surface area contributed by atoms with Crippen molar-refractivity contribution in [3.05, 3.63) is 40.6 Å². The highest BCUT2D eigenvalue weighted by atomic mass is 16.5. The summed E-state index contributed by atoms with van der Waals surface area (Å²) in [6, 6.07) is 7.39. The molecule has 2 N–H and O–H groups in total. The Morgan fingerprint density at radius 2 is 1.74 bits per heavy atom. The van der Waals surface area contributed by atoms with Crippen LogP contribution in [0.5, 0.6) is 11.6 Å². The van der Waals surface area contributed by atoms with Crippen LogP contribution in [-0.4, -0.2) is 9.97 Å². The molecule has 5 heteroatoms. The van der Waals surface area contributed by atoms with E-state index in [1.54, 1.807) is 18.2 Å². The van der Waals surface area contributed by atoms with E-state index < -0.39 is 0 Å². The van der Waals surface area contributed by atoms with Gasteiger partial charge in [-0.2, -0.15) is 10.2 Å². The molecule has 0 radical (unpaired) electrons. The van der Waals surface area contributed by atoms with E-state index in [1.165, 1.54) is 0 Å². The second-order valence-electron chi connectivity index (χ2n) is 4.36. The quantitative estimate of drug-likeness (QED) is 0.890. The average molecular weight is 254 g/mol. The normalized spacial score (nSPS) is 10.0. The summed E-state index contributed by atoms with van der Waals surface area (Å²) in [6.07, 6.45) is 0. The van der Waals surface area contributed by atoms with Crippen LogP contribution >= 0.6 is 0 Å². The number of benzene rings is 1. The molecule has 96 valence electrons. The molecule has 1 heterocycles. The number of nitrogens with two attached hydrogens (primary N) is 1. The zero-order valence-electron chi connectivity index (χ0n) is 11.1. The van der Waals surface area contributed by atoms with Crippen molar-refractivity contribution >= 4 is 5.95 Å². The van der Waals surface area contributed by atoms with Gasteiger partial charge in [0.2, 0.25) is 11.8 Å². The second-order valence-corrected chi connectivity index (χ2v) is 4.36. The Bertz CT molecular complexity index is 630. The summed E-state index contributed by atoms with van der Waals surface area (Å²) in [5.41, 5.74) is 8.71. The molecule has 0 saturated heterocycles. The van der Waals surface area contributed by atoms with Crippen LogP contribution in [0.3, 0.4) is 0 Å². The third-order valence-corrected chi connectivity index (χ3v) is 2.64. The molecule has 0 saturated carbocycles. The zero-order chi connectivity index (χ0) is 14.0. The zero-order valence-corrected chi connectivity index (χ0v) is 11.1. The lowest BCUT2D eigenvalue weighted by molar-refractivity contribution is 0.455. The number of anilines is 1. The molecule has 5 nitrogen and oxygen atoms in total. The van der Waals surface area contributed by atoms with Gasteiger partial charge in [-0.1, -0.05) is 0 Å². The van der Waals surface area contributed by atoms with E-state index in [1.807, 2.05) is 20.8 Å². The minimum atomic E-state index is 0.180. The van der Waals surface area contributed by atoms with Crippen molar-refractivity contribution in [2.45, 2.75) is 20.8 Å². The molecular weight excluding hydrogens is 240 g/mol. The summed E-state index contributed by atoms with van der Waals surface area (Å²) in [4.78, 5) is 8.03. The minimum absolute atomic E-state index is 0.180. The van der Waals surface area contributed by atoms with Crippen LogP contribution in [0, 0.1) is 32.1 Å². The molecule has 0 unspecified atom stereocenters. The molecule has 1 aromatic heterocycles. The first kappa shape index (κ1) is 12.8. The van der Waals surface area contributed by atoms with Gasteiger partial charge in [-0.25, -0.2) is 4.98 Å². The van der Waals surface area contributed by atoms with E-state index in [0.717, 1.165) is 16.8 Å². The molecule has 1 aromatic carbocycles. The Morgan fingerprint density at radius 3 is 2.26 bits per heavy atom. The van der Waals surface area contributed by atoms with Gasteiger partial charge >= 0.3 is 0 Å². The standard InChI is InChI=1S/C14H14N4O/c1-8-4-11(7-15)5-9(2)13(8)19-12-6-10(3)17-14(16)18-12/h4-6H,1-3H3,(H2,16,17,18). The van der Waals surface area contributed by atoms with Gasteiger partial charge in [0.1, 0.15) is 5.75 Å². The highest BCUT2D eigenvalue weighted by Crippen LogP contribution is 2.29. The van der Waals surface area contributed by atoms with Crippen LogP contribution in [-0.2, 0) is 0 Å². The Kier molecular flexibility index (Phi) is 3.34. The number of aromatic nitrogens is 2. The van der Waals surface area contributed by atoms with Crippen LogP contribution in [0.15, 0.2) is 18.2 Å². The van der Waals surface area contributed by atoms with E-state index in [2.05, 4.69) is 16.0 Å². The molecule has 0 amide bonds. The summed E-state index contributed by atoms with van der Waals surface area (Å²) in [7, 11) is 0. The highest BCUT2D eigenvalue weighted by Gasteiger charge is 2.09. The van der Waals surface area contributed by atoms with Gasteiger partial charge in [-0.15, -0.1) is 0 Å². The van der Waals surface area contributed by atoms with Crippen LogP contribution < -0.4 is 10.5 Å². The molecule has 0 atom stereocenters. The monoisotopic (exact) mass is 254 g/mol. The average Bonchev–Trinajstić information content (AvgIpc) is 2.32. The molecule has 0 aliphatic heterocycles. The topological polar surface area (TPSA) is 84.8 Å². The first-order valence-electron chi connectivity index (χ1n) is 5.80. The maximum atomic E-state index is 8.91. The van der Waals surface area contributed by atoms with Crippen LogP contribution in [0.1, 0.15) is 22.4 Å². The molecule has 0 aliphatic rings. The van der Waals surface area contributed by atoms with E-state index in [0.29, 0.717) is 17.2 Å². The first-order chi connectivity index (χ1) is 8.99. The summed E-state index contributed by atoms with van der Waals surface area (Å²) in [6.45, 7) is 5.60. The summed E-state index contributed by atoms with van der Waals surface area (Å²) in [5.74, 6) is 1.27. The fourth-order valence-electron chi connectivity index (χ4n) is 1.89. The largest absolute Gasteiger partial charge is 0.438 e. The number of nitrogen functional groups attached to an aromatic ring is 1. The maximum absolute atomic E-state index is 8.91. The van der Waals surface area contributed by atoms with Crippen molar-refractivity contribution < 1.29 is 4.74 Å². The fourth-order valence-corrected chi connectivity index (χ4v) is 1.89. The van der Waals surface area contributed by atoms with E-state index >= 15 is 0 Å². The number of hydrogen-bond donors (Lipinski definition) is 1. The smallest absolute Gasteiger partial charge is 0.224 e. The van der Waals surface area contributed by atoms with Crippen molar-refractivity contribution in [2.24, 2.45) is 0 Å². The third-order valence-electron chi connectivity index (χ3n) is 2.64. The predicted octanol–water partition coefficient (Wildman–Crippen LogP) is 2.65. The van der Waals surface area contributed by atoms with Crippen LogP contribution in [0.25, 0.3) is 0 Å². The van der Waals surface area contributed by atoms with E-state index in [-0.39, 0.29) is 5.95 Å². The van der Waals surface area contributed by atoms with Gasteiger partial charge in [0.15, 0.2) is 0 Å². The van der Waals surface area contributed by atoms with Crippen molar-refractivity contribution in [3.63, 3.8) is 0 Å². The number of nitrogens with zero attached hydrogens (tertiary/aromatic N) is 3. The van der Waals surface area contributed by atoms with Gasteiger partial charge in [-0.3, -0.25) is 0 Å². The Morgan fingerprint density at radius 1 is 1.11 bits per heavy atom. The van der Waals surface area contributed by atoms with Crippen LogP contribution in [0.4, 0.5) is 5.95 Å². The Hall–Kier alpha value is -2.61. The molecule has 0 fully saturated rings. The molecule has 0 bridgehead atoms. The van der Waals surface area contributed by atoms with Crippen molar-refractivity contribution in [3.8, 4) is 17.7 Å². The summed E-state index contributed by atoms with van der Waals surface area (Å²) < 4.78 is 5.76. The number of aryl methyl sites for hydroxylation is 3. The first-order valence-corrected chi connectivity index (χ1v) is 5.80. The van der Waals surface area contributed by atoms with Crippen molar-refractivity contribution in [1.29, 1.82) is 5.26 Å². The maximum Gasteiger partial charge on any atom is 0.224 e. The molecule has 2 aromatic rings. The fraction of sp³-hybridized carbons (Fsp3) is 0.214. The van der Waals surface area contributed by atoms with E-state index in [4.69, 9.17) is 15.7 Å². The number of nitriles is 1. The SMILES string of the molecule is Cc1cc(Oc2c(C)cc(C#N)cc2C)nc(N)n1. The van der Waals surface area contributed by atoms with Gasteiger partial charge in [0.05, 0.1) is 11.6 Å². The molecule has 19 heavy (non-hydrogen) atoms. The van der Waals surface area contributed by atoms with Gasteiger partial charge < -0.3 is 10.5 Å². The number of ether oxygens (including phenoxy) is 1. The lowest BCUT2D eigenvalue weighted by Crippen LogP contribution is -2.00. The summed E-state index contributed by atoms with van der Waals surface area (Å²) in [5, 5.41) is 8.91. The van der Waals surface area contributed by atoms with Gasteiger partial charge in [0, 0.05) is 11.8 Å². The second kappa shape index (κ2) is 4.94. The van der Waals surface area contributed by atoms with Gasteiger partial charge in [-0.05, 0) is 44.0 Å². The predicted molar refractivity (Wildman–Crippen MR) is 71.9 cm³/mol. The third kappa shape index (κ3) is 2.80.